The molecular formula is C14H21N3O4. The molecule has 0 radical (unpaired) electrons. The second-order valence-corrected chi connectivity index (χ2v) is 4.98. The molecule has 0 fully saturated rings. The molecule has 2 heterocycles. The lowest BCUT2D eigenvalue weighted by Gasteiger charge is -2.23. The quantitative estimate of drug-likeness (QED) is 0.854. The van der Waals surface area contributed by atoms with Crippen molar-refractivity contribution in [3.8, 4) is 5.75 Å². The first-order valence-corrected chi connectivity index (χ1v) is 6.79. The lowest BCUT2D eigenvalue weighted by atomic mass is 10.1. The third-order valence-corrected chi connectivity index (χ3v) is 3.22. The monoisotopic (exact) mass is 295 g/mol. The van der Waals surface area contributed by atoms with Crippen LogP contribution < -0.4 is 10.1 Å². The molecule has 1 aromatic rings. The summed E-state index contributed by atoms with van der Waals surface area (Å²) in [6.45, 7) is 0.876. The highest BCUT2D eigenvalue weighted by Gasteiger charge is 2.24. The second kappa shape index (κ2) is 6.73. The number of carbonyl (C=O) groups excluding carboxylic acids is 1. The van der Waals surface area contributed by atoms with E-state index in [1.54, 1.807) is 14.1 Å². The van der Waals surface area contributed by atoms with Crippen LogP contribution in [0.25, 0.3) is 0 Å². The summed E-state index contributed by atoms with van der Waals surface area (Å²) in [6, 6.07) is 1.83. The molecule has 0 unspecified atom stereocenters. The van der Waals surface area contributed by atoms with Gasteiger partial charge in [-0.2, -0.15) is 0 Å². The molecule has 7 nitrogen and oxygen atoms in total. The van der Waals surface area contributed by atoms with Crippen molar-refractivity contribution in [2.24, 2.45) is 0 Å². The predicted octanol–water partition coefficient (Wildman–Crippen LogP) is 1.79. The van der Waals surface area contributed by atoms with Crippen LogP contribution in [0, 0.1) is 0 Å². The summed E-state index contributed by atoms with van der Waals surface area (Å²) in [7, 11) is 6.28. The molecule has 0 aliphatic carbocycles. The first kappa shape index (κ1) is 15.5. The maximum absolute atomic E-state index is 11.8. The molecular weight excluding hydrogens is 274 g/mol. The smallest absolute Gasteiger partial charge is 0.408 e. The van der Waals surface area contributed by atoms with Crippen molar-refractivity contribution >= 4 is 11.9 Å². The molecule has 0 spiro atoms. The molecule has 0 atom stereocenters. The van der Waals surface area contributed by atoms with E-state index < -0.39 is 12.4 Å². The Hall–Kier alpha value is -1.86. The zero-order valence-corrected chi connectivity index (χ0v) is 12.8. The predicted molar refractivity (Wildman–Crippen MR) is 77.5 cm³/mol. The first-order chi connectivity index (χ1) is 10.1. The first-order valence-electron chi connectivity index (χ1n) is 6.79. The molecule has 1 N–H and O–H groups in total. The number of carbonyl (C=O) groups is 1. The molecule has 21 heavy (non-hydrogen) atoms. The van der Waals surface area contributed by atoms with Crippen molar-refractivity contribution in [1.82, 2.24) is 9.88 Å². The summed E-state index contributed by atoms with van der Waals surface area (Å²) in [5, 5.41) is 3.24. The topological polar surface area (TPSA) is 72.9 Å². The molecule has 0 aromatic carbocycles. The van der Waals surface area contributed by atoms with Crippen LogP contribution in [0.15, 0.2) is 6.07 Å². The van der Waals surface area contributed by atoms with E-state index >= 15 is 0 Å². The van der Waals surface area contributed by atoms with Gasteiger partial charge in [-0.3, -0.25) is 0 Å². The van der Waals surface area contributed by atoms with Crippen LogP contribution in [0.1, 0.15) is 24.0 Å². The van der Waals surface area contributed by atoms with Crippen LogP contribution >= 0.6 is 0 Å². The fourth-order valence-corrected chi connectivity index (χ4v) is 2.13. The van der Waals surface area contributed by atoms with Gasteiger partial charge in [0.25, 0.3) is 0 Å². The van der Waals surface area contributed by atoms with Gasteiger partial charge in [-0.25, -0.2) is 9.78 Å². The van der Waals surface area contributed by atoms with Crippen LogP contribution in [-0.2, 0) is 15.9 Å². The van der Waals surface area contributed by atoms with E-state index in [0.29, 0.717) is 11.4 Å². The van der Waals surface area contributed by atoms with Gasteiger partial charge >= 0.3 is 6.09 Å². The number of hydrogen-bond acceptors (Lipinski definition) is 6. The van der Waals surface area contributed by atoms with E-state index in [1.165, 1.54) is 19.1 Å². The standard InChI is InChI=1S/C14H21N3O4/c1-17(2)14(18)21-10-8-9-6-5-7-15-12(9)16-11(10)13(19-3)20-4/h8,13H,5-7H2,1-4H3,(H,15,16). The number of aryl methyl sites for hydroxylation is 1. The van der Waals surface area contributed by atoms with Gasteiger partial charge in [-0.1, -0.05) is 0 Å². The van der Waals surface area contributed by atoms with Crippen LogP contribution in [0.4, 0.5) is 10.6 Å². The van der Waals surface area contributed by atoms with E-state index in [0.717, 1.165) is 30.8 Å². The Kier molecular flexibility index (Phi) is 4.98. The van der Waals surface area contributed by atoms with Crippen LogP contribution in [0.5, 0.6) is 5.75 Å². The van der Waals surface area contributed by atoms with Gasteiger partial charge in [0.05, 0.1) is 0 Å². The van der Waals surface area contributed by atoms with Crippen molar-refractivity contribution in [1.29, 1.82) is 0 Å². The minimum Gasteiger partial charge on any atom is -0.408 e. The number of pyridine rings is 1. The third kappa shape index (κ3) is 3.43. The molecule has 1 aliphatic rings. The molecule has 1 aromatic heterocycles. The number of methoxy groups -OCH3 is 2. The van der Waals surface area contributed by atoms with Crippen LogP contribution in [0.2, 0.25) is 0 Å². The molecule has 1 amide bonds. The Balaban J connectivity index is 2.41. The number of anilines is 1. The normalized spacial score (nSPS) is 13.6. The Labute approximate surface area is 124 Å². The maximum Gasteiger partial charge on any atom is 0.414 e. The Morgan fingerprint density at radius 3 is 2.71 bits per heavy atom. The molecule has 0 saturated carbocycles. The molecule has 2 rings (SSSR count). The Bertz CT molecular complexity index is 515. The molecule has 7 heteroatoms. The number of nitrogens with one attached hydrogen (secondary N) is 1. The van der Waals surface area contributed by atoms with E-state index in [-0.39, 0.29) is 0 Å². The third-order valence-electron chi connectivity index (χ3n) is 3.22. The number of rotatable bonds is 4. The van der Waals surface area contributed by atoms with Crippen LogP contribution in [0.3, 0.4) is 0 Å². The number of nitrogens with zero attached hydrogens (tertiary/aromatic N) is 2. The number of hydrogen-bond donors (Lipinski definition) is 1. The van der Waals surface area contributed by atoms with Gasteiger partial charge in [0, 0.05) is 34.9 Å². The van der Waals surface area contributed by atoms with Gasteiger partial charge in [-0.05, 0) is 24.5 Å². The van der Waals surface area contributed by atoms with E-state index in [1.807, 2.05) is 6.07 Å². The summed E-state index contributed by atoms with van der Waals surface area (Å²) in [6.07, 6.45) is 0.761. The zero-order chi connectivity index (χ0) is 15.4. The molecule has 116 valence electrons. The summed E-state index contributed by atoms with van der Waals surface area (Å²) in [4.78, 5) is 17.7. The fraction of sp³-hybridized carbons (Fsp3) is 0.571. The average molecular weight is 295 g/mol. The van der Waals surface area contributed by atoms with Crippen LogP contribution in [-0.4, -0.2) is 50.8 Å². The maximum atomic E-state index is 11.8. The highest BCUT2D eigenvalue weighted by Crippen LogP contribution is 2.32. The summed E-state index contributed by atoms with van der Waals surface area (Å²) < 4.78 is 15.9. The van der Waals surface area contributed by atoms with Gasteiger partial charge in [0.2, 0.25) is 6.29 Å². The van der Waals surface area contributed by atoms with E-state index in [4.69, 9.17) is 14.2 Å². The highest BCUT2D eigenvalue weighted by molar-refractivity contribution is 5.71. The largest absolute Gasteiger partial charge is 0.414 e. The van der Waals surface area contributed by atoms with Crippen molar-refractivity contribution in [2.75, 3.05) is 40.2 Å². The van der Waals surface area contributed by atoms with Crippen molar-refractivity contribution < 1.29 is 19.0 Å². The zero-order valence-electron chi connectivity index (χ0n) is 12.8. The fourth-order valence-electron chi connectivity index (χ4n) is 2.13. The number of amides is 1. The lowest BCUT2D eigenvalue weighted by Crippen LogP contribution is -2.27. The second-order valence-electron chi connectivity index (χ2n) is 4.98. The molecule has 1 aliphatic heterocycles. The van der Waals surface area contributed by atoms with Crippen molar-refractivity contribution in [3.63, 3.8) is 0 Å². The minimum absolute atomic E-state index is 0.366. The van der Waals surface area contributed by atoms with Gasteiger partial charge in [-0.15, -0.1) is 0 Å². The summed E-state index contributed by atoms with van der Waals surface area (Å²) in [5.41, 5.74) is 1.47. The Morgan fingerprint density at radius 2 is 2.10 bits per heavy atom. The number of aromatic nitrogens is 1. The molecule has 0 saturated heterocycles. The minimum atomic E-state index is -0.691. The van der Waals surface area contributed by atoms with E-state index in [2.05, 4.69) is 10.3 Å². The van der Waals surface area contributed by atoms with Gasteiger partial charge in [0.1, 0.15) is 11.5 Å². The highest BCUT2D eigenvalue weighted by atomic mass is 16.7. The summed E-state index contributed by atoms with van der Waals surface area (Å²) in [5.74, 6) is 1.16. The SMILES string of the molecule is COC(OC)c1nc2c(cc1OC(=O)N(C)C)CCCN2. The van der Waals surface area contributed by atoms with Crippen molar-refractivity contribution in [3.05, 3.63) is 17.3 Å². The summed E-state index contributed by atoms with van der Waals surface area (Å²) >= 11 is 0. The molecule has 0 bridgehead atoms. The van der Waals surface area contributed by atoms with E-state index in [9.17, 15) is 4.79 Å². The van der Waals surface area contributed by atoms with Gasteiger partial charge < -0.3 is 24.4 Å². The lowest BCUT2D eigenvalue weighted by molar-refractivity contribution is -0.109. The van der Waals surface area contributed by atoms with Crippen molar-refractivity contribution in [2.45, 2.75) is 19.1 Å². The number of ether oxygens (including phenoxy) is 3. The Morgan fingerprint density at radius 1 is 1.38 bits per heavy atom. The number of fused-ring (bicyclic) bond motifs is 1. The average Bonchev–Trinajstić information content (AvgIpc) is 2.48. The van der Waals surface area contributed by atoms with Gasteiger partial charge in [0.15, 0.2) is 5.75 Å².